The Hall–Kier alpha value is -0.970. The van der Waals surface area contributed by atoms with Gasteiger partial charge in [-0.3, -0.25) is 4.79 Å². The zero-order valence-electron chi connectivity index (χ0n) is 23.0. The lowest BCUT2D eigenvalue weighted by Gasteiger charge is -2.72. The molecule has 0 aromatic rings. The van der Waals surface area contributed by atoms with Crippen molar-refractivity contribution in [3.63, 3.8) is 0 Å². The number of carbonyl (C=O) groups is 1. The van der Waals surface area contributed by atoms with Crippen molar-refractivity contribution in [1.29, 1.82) is 0 Å². The number of ether oxygens (including phenoxy) is 1. The minimum Gasteiger partial charge on any atom is -0.462 e. The van der Waals surface area contributed by atoms with Crippen molar-refractivity contribution in [3.8, 4) is 12.3 Å². The molecule has 9 atom stereocenters. The molecule has 0 aromatic carbocycles. The molecule has 5 saturated carbocycles. The number of fused-ring (bicyclic) bond motifs is 7. The van der Waals surface area contributed by atoms with E-state index in [1.165, 1.54) is 64.2 Å². The molecule has 2 heteroatoms. The van der Waals surface area contributed by atoms with Crippen LogP contribution in [0.25, 0.3) is 0 Å². The van der Waals surface area contributed by atoms with Crippen LogP contribution in [0.3, 0.4) is 0 Å². The first kappa shape index (κ1) is 24.7. The number of rotatable bonds is 3. The minimum absolute atomic E-state index is 0.0223. The normalized spacial score (nSPS) is 51.3. The van der Waals surface area contributed by atoms with Crippen LogP contribution in [0.15, 0.2) is 0 Å². The first-order valence-electron chi connectivity index (χ1n) is 14.6. The smallest absolute Gasteiger partial charge is 0.307 e. The predicted octanol–water partition coefficient (Wildman–Crippen LogP) is 8.19. The molecule has 0 amide bonds. The van der Waals surface area contributed by atoms with Gasteiger partial charge in [0, 0.05) is 11.8 Å². The van der Waals surface area contributed by atoms with Crippen LogP contribution in [0, 0.1) is 63.1 Å². The molecule has 0 radical (unpaired) electrons. The van der Waals surface area contributed by atoms with Crippen molar-refractivity contribution in [1.82, 2.24) is 0 Å². The highest BCUT2D eigenvalue weighted by Crippen LogP contribution is 2.76. The van der Waals surface area contributed by atoms with E-state index in [1.54, 1.807) is 0 Å². The van der Waals surface area contributed by atoms with Gasteiger partial charge in [0.15, 0.2) is 0 Å². The molecule has 5 fully saturated rings. The molecule has 0 spiro atoms. The van der Waals surface area contributed by atoms with Crippen LogP contribution in [-0.2, 0) is 9.53 Å². The Morgan fingerprint density at radius 2 is 1.59 bits per heavy atom. The van der Waals surface area contributed by atoms with Gasteiger partial charge >= 0.3 is 5.97 Å². The molecule has 0 bridgehead atoms. The number of terminal acetylenes is 1. The summed E-state index contributed by atoms with van der Waals surface area (Å²) in [5.41, 5.74) is 1.92. The van der Waals surface area contributed by atoms with Gasteiger partial charge in [0.2, 0.25) is 0 Å². The van der Waals surface area contributed by atoms with E-state index in [9.17, 15) is 4.79 Å². The summed E-state index contributed by atoms with van der Waals surface area (Å²) in [7, 11) is 0. The first-order chi connectivity index (χ1) is 15.9. The first-order valence-corrected chi connectivity index (χ1v) is 14.6. The van der Waals surface area contributed by atoms with E-state index in [-0.39, 0.29) is 17.5 Å². The second-order valence-electron chi connectivity index (χ2n) is 14.9. The van der Waals surface area contributed by atoms with Crippen molar-refractivity contribution >= 4 is 5.97 Å². The molecule has 5 rings (SSSR count). The van der Waals surface area contributed by atoms with E-state index < -0.39 is 0 Å². The summed E-state index contributed by atoms with van der Waals surface area (Å²) in [4.78, 5) is 12.5. The lowest BCUT2D eigenvalue weighted by Crippen LogP contribution is -2.66. The molecule has 5 aliphatic carbocycles. The molecular weight excluding hydrogens is 416 g/mol. The SMILES string of the molecule is C#CCCC(=O)OC1CCC2(C)C(CCC3(C)C2CCC2[C@H]4CCCC4(C)CC[C@]23C)C1(C)C. The number of esters is 1. The molecule has 2 nitrogen and oxygen atoms in total. The summed E-state index contributed by atoms with van der Waals surface area (Å²) in [5.74, 6) is 5.79. The molecular formula is C32H50O2. The third-order valence-electron chi connectivity index (χ3n) is 13.5. The fourth-order valence-electron chi connectivity index (χ4n) is 11.5. The maximum atomic E-state index is 12.5. The van der Waals surface area contributed by atoms with Gasteiger partial charge in [-0.15, -0.1) is 12.3 Å². The van der Waals surface area contributed by atoms with Gasteiger partial charge < -0.3 is 4.74 Å². The van der Waals surface area contributed by atoms with Gasteiger partial charge in [0.1, 0.15) is 6.10 Å². The van der Waals surface area contributed by atoms with E-state index in [2.05, 4.69) is 47.5 Å². The molecule has 7 unspecified atom stereocenters. The summed E-state index contributed by atoms with van der Waals surface area (Å²) >= 11 is 0. The average molecular weight is 467 g/mol. The van der Waals surface area contributed by atoms with Gasteiger partial charge in [0.25, 0.3) is 0 Å². The second-order valence-corrected chi connectivity index (χ2v) is 14.9. The monoisotopic (exact) mass is 466 g/mol. The fourth-order valence-corrected chi connectivity index (χ4v) is 11.5. The molecule has 0 heterocycles. The van der Waals surface area contributed by atoms with Crippen LogP contribution < -0.4 is 0 Å². The fraction of sp³-hybridized carbons (Fsp3) is 0.906. The topological polar surface area (TPSA) is 26.3 Å². The Labute approximate surface area is 209 Å². The predicted molar refractivity (Wildman–Crippen MR) is 139 cm³/mol. The molecule has 0 aromatic heterocycles. The lowest BCUT2D eigenvalue weighted by atomic mass is 9.32. The largest absolute Gasteiger partial charge is 0.462 e. The van der Waals surface area contributed by atoms with Gasteiger partial charge in [0.05, 0.1) is 6.42 Å². The summed E-state index contributed by atoms with van der Waals surface area (Å²) in [5, 5.41) is 0. The van der Waals surface area contributed by atoms with Gasteiger partial charge in [-0.2, -0.15) is 0 Å². The third kappa shape index (κ3) is 3.23. The zero-order valence-corrected chi connectivity index (χ0v) is 23.0. The lowest BCUT2D eigenvalue weighted by molar-refractivity contribution is -0.247. The maximum Gasteiger partial charge on any atom is 0.307 e. The summed E-state index contributed by atoms with van der Waals surface area (Å²) < 4.78 is 6.09. The Morgan fingerprint density at radius 3 is 2.32 bits per heavy atom. The Bertz CT molecular complexity index is 867. The highest BCUT2D eigenvalue weighted by Gasteiger charge is 2.69. The Kier molecular flexibility index (Phi) is 5.83. The number of carbonyl (C=O) groups excluding carboxylic acids is 1. The van der Waals surface area contributed by atoms with Gasteiger partial charge in [-0.25, -0.2) is 0 Å². The van der Waals surface area contributed by atoms with Crippen LogP contribution in [-0.4, -0.2) is 12.1 Å². The van der Waals surface area contributed by atoms with E-state index in [1.807, 2.05) is 0 Å². The number of hydrogen-bond acceptors (Lipinski definition) is 2. The van der Waals surface area contributed by atoms with Crippen LogP contribution >= 0.6 is 0 Å². The molecule has 34 heavy (non-hydrogen) atoms. The van der Waals surface area contributed by atoms with Crippen LogP contribution in [0.2, 0.25) is 0 Å². The van der Waals surface area contributed by atoms with Crippen LogP contribution in [0.5, 0.6) is 0 Å². The van der Waals surface area contributed by atoms with E-state index in [4.69, 9.17) is 11.2 Å². The molecule has 0 aliphatic heterocycles. The maximum absolute atomic E-state index is 12.5. The summed E-state index contributed by atoms with van der Waals surface area (Å²) in [6.07, 6.45) is 21.3. The van der Waals surface area contributed by atoms with Crippen molar-refractivity contribution in [3.05, 3.63) is 0 Å². The quantitative estimate of drug-likeness (QED) is 0.309. The standard InChI is InChI=1S/C32H50O2/c1-8-9-12-27(33)34-26-16-18-30(5)24(28(26,2)3)15-19-32(7)25(30)14-13-23-22-11-10-17-29(22,4)20-21-31(23,32)6/h1,22-26H,9-21H2,2-7H3/t22-,23?,24?,25?,26?,29?,30?,31-,32?/m1/s1. The highest BCUT2D eigenvalue weighted by atomic mass is 16.5. The van der Waals surface area contributed by atoms with Crippen molar-refractivity contribution in [2.75, 3.05) is 0 Å². The highest BCUT2D eigenvalue weighted by molar-refractivity contribution is 5.70. The van der Waals surface area contributed by atoms with Crippen molar-refractivity contribution < 1.29 is 9.53 Å². The van der Waals surface area contributed by atoms with Crippen LogP contribution in [0.1, 0.15) is 125 Å². The van der Waals surface area contributed by atoms with E-state index in [0.717, 1.165) is 24.2 Å². The van der Waals surface area contributed by atoms with Gasteiger partial charge in [-0.05, 0) is 110 Å². The Balaban J connectivity index is 1.41. The minimum atomic E-state index is -0.102. The summed E-state index contributed by atoms with van der Waals surface area (Å²) in [6.45, 7) is 15.5. The molecule has 0 N–H and O–H groups in total. The van der Waals surface area contributed by atoms with Crippen LogP contribution in [0.4, 0.5) is 0 Å². The van der Waals surface area contributed by atoms with E-state index in [0.29, 0.717) is 40.4 Å². The molecule has 5 aliphatic rings. The third-order valence-corrected chi connectivity index (χ3v) is 13.5. The van der Waals surface area contributed by atoms with Crippen molar-refractivity contribution in [2.45, 2.75) is 131 Å². The Morgan fingerprint density at radius 1 is 0.824 bits per heavy atom. The zero-order chi connectivity index (χ0) is 24.6. The van der Waals surface area contributed by atoms with E-state index >= 15 is 0 Å². The molecule has 0 saturated heterocycles. The average Bonchev–Trinajstić information content (AvgIpc) is 3.16. The summed E-state index contributed by atoms with van der Waals surface area (Å²) in [6, 6.07) is 0. The van der Waals surface area contributed by atoms with Crippen molar-refractivity contribution in [2.24, 2.45) is 50.7 Å². The molecule has 190 valence electrons. The number of hydrogen-bond donors (Lipinski definition) is 0. The second kappa shape index (κ2) is 8.02. The van der Waals surface area contributed by atoms with Gasteiger partial charge in [-0.1, -0.05) is 48.0 Å².